The Labute approximate surface area is 129 Å². The first-order chi connectivity index (χ1) is 9.87. The lowest BCUT2D eigenvalue weighted by atomic mass is 10.1. The smallest absolute Gasteiger partial charge is 0.335 e. The van der Waals surface area contributed by atoms with Gasteiger partial charge < -0.3 is 10.0 Å². The molecule has 0 aliphatic carbocycles. The van der Waals surface area contributed by atoms with Crippen LogP contribution in [0.2, 0.25) is 0 Å². The van der Waals surface area contributed by atoms with Crippen molar-refractivity contribution in [2.75, 3.05) is 18.8 Å². The van der Waals surface area contributed by atoms with E-state index in [0.29, 0.717) is 12.8 Å². The van der Waals surface area contributed by atoms with E-state index in [0.717, 1.165) is 24.4 Å². The molecule has 21 heavy (non-hydrogen) atoms. The van der Waals surface area contributed by atoms with Gasteiger partial charge in [0, 0.05) is 30.0 Å². The molecule has 0 atom stereocenters. The molecule has 2 rings (SSSR count). The van der Waals surface area contributed by atoms with Gasteiger partial charge in [-0.3, -0.25) is 4.79 Å². The average molecular weight is 307 g/mol. The van der Waals surface area contributed by atoms with E-state index in [1.54, 1.807) is 24.3 Å². The molecule has 1 aromatic carbocycles. The van der Waals surface area contributed by atoms with Gasteiger partial charge in [0.2, 0.25) is 5.91 Å². The second-order valence-electron chi connectivity index (χ2n) is 5.93. The van der Waals surface area contributed by atoms with E-state index in [1.807, 2.05) is 16.7 Å². The van der Waals surface area contributed by atoms with Gasteiger partial charge in [0.05, 0.1) is 5.56 Å². The SMILES string of the molecule is CC1(C)CN(C(=O)CCc2ccc(C(=O)O)cc2)CCS1. The van der Waals surface area contributed by atoms with E-state index >= 15 is 0 Å². The maximum atomic E-state index is 12.3. The molecule has 1 aliphatic rings. The summed E-state index contributed by atoms with van der Waals surface area (Å²) in [5, 5.41) is 8.85. The molecule has 1 amide bonds. The van der Waals surface area contributed by atoms with Crippen LogP contribution in [0.5, 0.6) is 0 Å². The highest BCUT2D eigenvalue weighted by molar-refractivity contribution is 8.00. The van der Waals surface area contributed by atoms with E-state index in [9.17, 15) is 9.59 Å². The molecule has 1 aliphatic heterocycles. The van der Waals surface area contributed by atoms with Crippen molar-refractivity contribution in [1.29, 1.82) is 0 Å². The minimum absolute atomic E-state index is 0.136. The first-order valence-electron chi connectivity index (χ1n) is 7.11. The number of benzene rings is 1. The highest BCUT2D eigenvalue weighted by Gasteiger charge is 2.29. The van der Waals surface area contributed by atoms with Gasteiger partial charge in [0.15, 0.2) is 0 Å². The molecular weight excluding hydrogens is 286 g/mol. The third-order valence-corrected chi connectivity index (χ3v) is 4.90. The predicted octanol–water partition coefficient (Wildman–Crippen LogP) is 2.67. The summed E-state index contributed by atoms with van der Waals surface area (Å²) in [6, 6.07) is 6.74. The number of aromatic carboxylic acids is 1. The molecule has 4 nitrogen and oxygen atoms in total. The molecule has 0 bridgehead atoms. The van der Waals surface area contributed by atoms with E-state index in [2.05, 4.69) is 13.8 Å². The molecule has 0 saturated carbocycles. The Kier molecular flexibility index (Phi) is 4.93. The van der Waals surface area contributed by atoms with Crippen molar-refractivity contribution in [2.45, 2.75) is 31.4 Å². The van der Waals surface area contributed by atoms with Crippen LogP contribution in [0.4, 0.5) is 0 Å². The number of carboxylic acids is 1. The maximum Gasteiger partial charge on any atom is 0.335 e. The summed E-state index contributed by atoms with van der Waals surface area (Å²) in [5.74, 6) is 0.253. The first-order valence-corrected chi connectivity index (χ1v) is 8.10. The summed E-state index contributed by atoms with van der Waals surface area (Å²) in [7, 11) is 0. The number of thioether (sulfide) groups is 1. The van der Waals surface area contributed by atoms with Crippen LogP contribution in [-0.4, -0.2) is 45.5 Å². The summed E-state index contributed by atoms with van der Waals surface area (Å²) in [6.45, 7) is 5.96. The van der Waals surface area contributed by atoms with E-state index in [-0.39, 0.29) is 16.2 Å². The lowest BCUT2D eigenvalue weighted by Gasteiger charge is -2.37. The second-order valence-corrected chi connectivity index (χ2v) is 7.73. The van der Waals surface area contributed by atoms with Crippen molar-refractivity contribution in [3.8, 4) is 0 Å². The zero-order chi connectivity index (χ0) is 15.5. The topological polar surface area (TPSA) is 57.6 Å². The Hall–Kier alpha value is -1.49. The molecule has 1 N–H and O–H groups in total. The average Bonchev–Trinajstić information content (AvgIpc) is 2.44. The Balaban J connectivity index is 1.87. The Morgan fingerprint density at radius 3 is 2.52 bits per heavy atom. The monoisotopic (exact) mass is 307 g/mol. The largest absolute Gasteiger partial charge is 0.478 e. The van der Waals surface area contributed by atoms with Crippen LogP contribution in [0.15, 0.2) is 24.3 Å². The fourth-order valence-corrected chi connectivity index (χ4v) is 3.56. The highest BCUT2D eigenvalue weighted by Crippen LogP contribution is 2.29. The van der Waals surface area contributed by atoms with E-state index in [4.69, 9.17) is 5.11 Å². The number of carbonyl (C=O) groups is 2. The maximum absolute atomic E-state index is 12.3. The van der Waals surface area contributed by atoms with Gasteiger partial charge in [0.25, 0.3) is 0 Å². The zero-order valence-corrected chi connectivity index (χ0v) is 13.3. The molecule has 0 aromatic heterocycles. The van der Waals surface area contributed by atoms with Gasteiger partial charge in [-0.2, -0.15) is 11.8 Å². The van der Waals surface area contributed by atoms with Gasteiger partial charge in [-0.15, -0.1) is 0 Å². The lowest BCUT2D eigenvalue weighted by Crippen LogP contribution is -2.46. The third-order valence-electron chi connectivity index (χ3n) is 3.61. The number of amides is 1. The van der Waals surface area contributed by atoms with Crippen LogP contribution < -0.4 is 0 Å². The minimum atomic E-state index is -0.925. The summed E-state index contributed by atoms with van der Waals surface area (Å²) in [4.78, 5) is 25.0. The number of carbonyl (C=O) groups excluding carboxylic acids is 1. The predicted molar refractivity (Wildman–Crippen MR) is 84.8 cm³/mol. The lowest BCUT2D eigenvalue weighted by molar-refractivity contribution is -0.131. The standard InChI is InChI=1S/C16H21NO3S/c1-16(2)11-17(9-10-21-16)14(18)8-5-12-3-6-13(7-4-12)15(19)20/h3-4,6-7H,5,8-11H2,1-2H3,(H,19,20). The molecular formula is C16H21NO3S. The van der Waals surface area contributed by atoms with Crippen molar-refractivity contribution in [2.24, 2.45) is 0 Å². The molecule has 1 heterocycles. The van der Waals surface area contributed by atoms with E-state index < -0.39 is 5.97 Å². The minimum Gasteiger partial charge on any atom is -0.478 e. The number of hydrogen-bond donors (Lipinski definition) is 1. The summed E-state index contributed by atoms with van der Waals surface area (Å²) in [6.07, 6.45) is 1.13. The number of nitrogens with zero attached hydrogens (tertiary/aromatic N) is 1. The molecule has 1 saturated heterocycles. The first kappa shape index (κ1) is 15.9. The number of aryl methyl sites for hydroxylation is 1. The fourth-order valence-electron chi connectivity index (χ4n) is 2.45. The summed E-state index contributed by atoms with van der Waals surface area (Å²) < 4.78 is 0.136. The van der Waals surface area contributed by atoms with Gasteiger partial charge >= 0.3 is 5.97 Å². The van der Waals surface area contributed by atoms with Crippen LogP contribution >= 0.6 is 11.8 Å². The van der Waals surface area contributed by atoms with Crippen molar-refractivity contribution in [3.05, 3.63) is 35.4 Å². The van der Waals surface area contributed by atoms with Crippen LogP contribution in [0.1, 0.15) is 36.2 Å². The fraction of sp³-hybridized carbons (Fsp3) is 0.500. The molecule has 114 valence electrons. The van der Waals surface area contributed by atoms with Crippen molar-refractivity contribution >= 4 is 23.6 Å². The Bertz CT molecular complexity index is 525. The number of hydrogen-bond acceptors (Lipinski definition) is 3. The van der Waals surface area contributed by atoms with Gasteiger partial charge in [-0.1, -0.05) is 12.1 Å². The van der Waals surface area contributed by atoms with Crippen LogP contribution in [0.25, 0.3) is 0 Å². The Morgan fingerprint density at radius 2 is 1.95 bits per heavy atom. The second kappa shape index (κ2) is 6.52. The van der Waals surface area contributed by atoms with Gasteiger partial charge in [0.1, 0.15) is 0 Å². The number of carboxylic acid groups (broad SMARTS) is 1. The van der Waals surface area contributed by atoms with Crippen molar-refractivity contribution in [3.63, 3.8) is 0 Å². The van der Waals surface area contributed by atoms with Gasteiger partial charge in [-0.05, 0) is 38.0 Å². The molecule has 0 spiro atoms. The molecule has 5 heteroatoms. The van der Waals surface area contributed by atoms with Crippen molar-refractivity contribution in [1.82, 2.24) is 4.90 Å². The van der Waals surface area contributed by atoms with E-state index in [1.165, 1.54) is 0 Å². The van der Waals surface area contributed by atoms with Crippen molar-refractivity contribution < 1.29 is 14.7 Å². The summed E-state index contributed by atoms with van der Waals surface area (Å²) >= 11 is 1.91. The third kappa shape index (κ3) is 4.49. The molecule has 0 radical (unpaired) electrons. The number of rotatable bonds is 4. The zero-order valence-electron chi connectivity index (χ0n) is 12.5. The van der Waals surface area contributed by atoms with Crippen LogP contribution in [0, 0.1) is 0 Å². The van der Waals surface area contributed by atoms with Gasteiger partial charge in [-0.25, -0.2) is 4.79 Å². The molecule has 0 unspecified atom stereocenters. The molecule has 1 fully saturated rings. The quantitative estimate of drug-likeness (QED) is 0.929. The normalized spacial score (nSPS) is 17.5. The molecule has 1 aromatic rings. The highest BCUT2D eigenvalue weighted by atomic mass is 32.2. The van der Waals surface area contributed by atoms with Crippen LogP contribution in [0.3, 0.4) is 0 Å². The van der Waals surface area contributed by atoms with Crippen LogP contribution in [-0.2, 0) is 11.2 Å². The Morgan fingerprint density at radius 1 is 1.29 bits per heavy atom. The summed E-state index contributed by atoms with van der Waals surface area (Å²) in [5.41, 5.74) is 1.28.